The highest BCUT2D eigenvalue weighted by molar-refractivity contribution is 5.76. The lowest BCUT2D eigenvalue weighted by molar-refractivity contribution is -0.132. The van der Waals surface area contributed by atoms with Crippen LogP contribution in [0, 0.1) is 6.92 Å². The van der Waals surface area contributed by atoms with Crippen LogP contribution in [0.4, 0.5) is 11.6 Å². The van der Waals surface area contributed by atoms with Crippen molar-refractivity contribution in [2.24, 2.45) is 0 Å². The Morgan fingerprint density at radius 1 is 1.33 bits per heavy atom. The molecule has 0 spiro atoms. The maximum atomic E-state index is 12.0. The van der Waals surface area contributed by atoms with Crippen LogP contribution in [0.15, 0.2) is 36.5 Å². The minimum atomic E-state index is 0.229. The number of benzene rings is 1. The SMILES string of the molecule is CCC(=O)N1CCCC(c2ccnc(Nc3ccccc3C)n2)C1. The van der Waals surface area contributed by atoms with Crippen LogP contribution in [-0.2, 0) is 4.79 Å². The lowest BCUT2D eigenvalue weighted by Gasteiger charge is -2.32. The zero-order valence-electron chi connectivity index (χ0n) is 14.3. The predicted molar refractivity (Wildman–Crippen MR) is 95.3 cm³/mol. The van der Waals surface area contributed by atoms with Gasteiger partial charge in [-0.3, -0.25) is 4.79 Å². The van der Waals surface area contributed by atoms with Crippen LogP contribution >= 0.6 is 0 Å². The molecule has 1 atom stereocenters. The number of aryl methyl sites for hydroxylation is 1. The minimum Gasteiger partial charge on any atom is -0.342 e. The number of hydrogen-bond acceptors (Lipinski definition) is 4. The fourth-order valence-corrected chi connectivity index (χ4v) is 3.16. The van der Waals surface area contributed by atoms with E-state index in [4.69, 9.17) is 4.98 Å². The van der Waals surface area contributed by atoms with Crippen molar-refractivity contribution in [3.05, 3.63) is 47.8 Å². The molecule has 1 saturated heterocycles. The first-order chi connectivity index (χ1) is 11.7. The molecule has 0 saturated carbocycles. The standard InChI is InChI=1S/C19H24N4O/c1-3-18(24)23-12-6-8-15(13-23)17-10-11-20-19(22-17)21-16-9-5-4-7-14(16)2/h4-5,7,9-11,15H,3,6,8,12-13H2,1-2H3,(H,20,21,22). The fraction of sp³-hybridized carbons (Fsp3) is 0.421. The van der Waals surface area contributed by atoms with E-state index in [9.17, 15) is 4.79 Å². The molecule has 5 nitrogen and oxygen atoms in total. The van der Waals surface area contributed by atoms with Crippen LogP contribution in [0.1, 0.15) is 43.4 Å². The topological polar surface area (TPSA) is 58.1 Å². The van der Waals surface area contributed by atoms with E-state index < -0.39 is 0 Å². The van der Waals surface area contributed by atoms with E-state index in [0.29, 0.717) is 12.4 Å². The monoisotopic (exact) mass is 324 g/mol. The van der Waals surface area contributed by atoms with Gasteiger partial charge in [-0.1, -0.05) is 25.1 Å². The quantitative estimate of drug-likeness (QED) is 0.933. The molecular formula is C19H24N4O. The Balaban J connectivity index is 1.75. The summed E-state index contributed by atoms with van der Waals surface area (Å²) in [5.41, 5.74) is 3.18. The average Bonchev–Trinajstić information content (AvgIpc) is 2.63. The highest BCUT2D eigenvalue weighted by Crippen LogP contribution is 2.27. The Kier molecular flexibility index (Phi) is 5.08. The number of rotatable bonds is 4. The summed E-state index contributed by atoms with van der Waals surface area (Å²) in [5, 5.41) is 3.29. The van der Waals surface area contributed by atoms with Gasteiger partial charge in [0, 0.05) is 37.3 Å². The van der Waals surface area contributed by atoms with Gasteiger partial charge in [0.25, 0.3) is 0 Å². The molecule has 126 valence electrons. The Morgan fingerprint density at radius 3 is 2.96 bits per heavy atom. The molecule has 24 heavy (non-hydrogen) atoms. The number of likely N-dealkylation sites (tertiary alicyclic amines) is 1. The Labute approximate surface area is 143 Å². The summed E-state index contributed by atoms with van der Waals surface area (Å²) in [6, 6.07) is 10.1. The number of aromatic nitrogens is 2. The Hall–Kier alpha value is -2.43. The van der Waals surface area contributed by atoms with E-state index in [1.165, 1.54) is 0 Å². The third-order valence-electron chi connectivity index (χ3n) is 4.56. The Bertz CT molecular complexity index is 716. The van der Waals surface area contributed by atoms with Crippen molar-refractivity contribution >= 4 is 17.5 Å². The van der Waals surface area contributed by atoms with Crippen LogP contribution in [-0.4, -0.2) is 33.9 Å². The molecule has 0 bridgehead atoms. The van der Waals surface area contributed by atoms with E-state index in [1.807, 2.05) is 36.1 Å². The summed E-state index contributed by atoms with van der Waals surface area (Å²) in [6.07, 6.45) is 4.45. The van der Waals surface area contributed by atoms with E-state index >= 15 is 0 Å². The van der Waals surface area contributed by atoms with Crippen molar-refractivity contribution in [3.8, 4) is 0 Å². The zero-order valence-corrected chi connectivity index (χ0v) is 14.3. The van der Waals surface area contributed by atoms with Crippen molar-refractivity contribution in [1.82, 2.24) is 14.9 Å². The molecule has 3 rings (SSSR count). The average molecular weight is 324 g/mol. The fourth-order valence-electron chi connectivity index (χ4n) is 3.16. The van der Waals surface area contributed by atoms with Crippen molar-refractivity contribution in [3.63, 3.8) is 0 Å². The maximum absolute atomic E-state index is 12.0. The second kappa shape index (κ2) is 7.43. The molecule has 0 radical (unpaired) electrons. The number of carbonyl (C=O) groups is 1. The molecule has 5 heteroatoms. The van der Waals surface area contributed by atoms with Gasteiger partial charge in [0.1, 0.15) is 0 Å². The summed E-state index contributed by atoms with van der Waals surface area (Å²) < 4.78 is 0. The minimum absolute atomic E-state index is 0.229. The van der Waals surface area contributed by atoms with Gasteiger partial charge >= 0.3 is 0 Å². The number of amides is 1. The highest BCUT2D eigenvalue weighted by Gasteiger charge is 2.25. The summed E-state index contributed by atoms with van der Waals surface area (Å²) in [4.78, 5) is 23.0. The summed E-state index contributed by atoms with van der Waals surface area (Å²) in [6.45, 7) is 5.60. The molecule has 1 aliphatic rings. The van der Waals surface area contributed by atoms with Crippen molar-refractivity contribution < 1.29 is 4.79 Å². The largest absolute Gasteiger partial charge is 0.342 e. The van der Waals surface area contributed by atoms with Gasteiger partial charge in [-0.15, -0.1) is 0 Å². The van der Waals surface area contributed by atoms with E-state index in [-0.39, 0.29) is 11.8 Å². The first-order valence-electron chi connectivity index (χ1n) is 8.60. The van der Waals surface area contributed by atoms with Gasteiger partial charge in [-0.05, 0) is 37.5 Å². The Morgan fingerprint density at radius 2 is 2.17 bits per heavy atom. The third kappa shape index (κ3) is 3.72. The van der Waals surface area contributed by atoms with Crippen LogP contribution in [0.25, 0.3) is 0 Å². The van der Waals surface area contributed by atoms with Gasteiger partial charge in [0.15, 0.2) is 0 Å². The number of carbonyl (C=O) groups excluding carboxylic acids is 1. The van der Waals surface area contributed by atoms with Crippen molar-refractivity contribution in [1.29, 1.82) is 0 Å². The number of anilines is 2. The van der Waals surface area contributed by atoms with Gasteiger partial charge in [0.05, 0.1) is 5.69 Å². The van der Waals surface area contributed by atoms with Crippen LogP contribution in [0.5, 0.6) is 0 Å². The van der Waals surface area contributed by atoms with Crippen LogP contribution < -0.4 is 5.32 Å². The smallest absolute Gasteiger partial charge is 0.227 e. The predicted octanol–water partition coefficient (Wildman–Crippen LogP) is 3.64. The van der Waals surface area contributed by atoms with Crippen molar-refractivity contribution in [2.75, 3.05) is 18.4 Å². The molecule has 2 aromatic rings. The lowest BCUT2D eigenvalue weighted by atomic mass is 9.94. The number of para-hydroxylation sites is 1. The van der Waals surface area contributed by atoms with E-state index in [1.54, 1.807) is 6.20 Å². The number of nitrogens with one attached hydrogen (secondary N) is 1. The summed E-state index contributed by atoms with van der Waals surface area (Å²) >= 11 is 0. The van der Waals surface area contributed by atoms with Crippen molar-refractivity contribution in [2.45, 2.75) is 39.0 Å². The summed E-state index contributed by atoms with van der Waals surface area (Å²) in [7, 11) is 0. The zero-order chi connectivity index (χ0) is 16.9. The number of nitrogens with zero attached hydrogens (tertiary/aromatic N) is 3. The molecular weight excluding hydrogens is 300 g/mol. The molecule has 1 unspecified atom stereocenters. The molecule has 1 aromatic heterocycles. The van der Waals surface area contributed by atoms with Crippen LogP contribution in [0.3, 0.4) is 0 Å². The number of piperidine rings is 1. The van der Waals surface area contributed by atoms with Gasteiger partial charge in [-0.25, -0.2) is 9.97 Å². The summed E-state index contributed by atoms with van der Waals surface area (Å²) in [5.74, 6) is 1.13. The normalized spacial score (nSPS) is 17.6. The van der Waals surface area contributed by atoms with E-state index in [0.717, 1.165) is 42.9 Å². The second-order valence-corrected chi connectivity index (χ2v) is 6.28. The van der Waals surface area contributed by atoms with Gasteiger partial charge in [-0.2, -0.15) is 0 Å². The first kappa shape index (κ1) is 16.4. The molecule has 0 aliphatic carbocycles. The van der Waals surface area contributed by atoms with E-state index in [2.05, 4.69) is 23.3 Å². The number of hydrogen-bond donors (Lipinski definition) is 1. The third-order valence-corrected chi connectivity index (χ3v) is 4.56. The molecule has 1 amide bonds. The van der Waals surface area contributed by atoms with Gasteiger partial charge < -0.3 is 10.2 Å². The lowest BCUT2D eigenvalue weighted by Crippen LogP contribution is -2.38. The highest BCUT2D eigenvalue weighted by atomic mass is 16.2. The first-order valence-corrected chi connectivity index (χ1v) is 8.60. The molecule has 2 heterocycles. The maximum Gasteiger partial charge on any atom is 0.227 e. The molecule has 1 N–H and O–H groups in total. The molecule has 1 fully saturated rings. The molecule has 1 aliphatic heterocycles. The van der Waals surface area contributed by atoms with Gasteiger partial charge in [0.2, 0.25) is 11.9 Å². The van der Waals surface area contributed by atoms with Crippen LogP contribution in [0.2, 0.25) is 0 Å². The molecule has 1 aromatic carbocycles. The second-order valence-electron chi connectivity index (χ2n) is 6.28.